The van der Waals surface area contributed by atoms with Crippen LogP contribution in [0.1, 0.15) is 78.4 Å². The molecule has 3 rings (SSSR count). The largest absolute Gasteiger partial charge is 0.295 e. The maximum atomic E-state index is 11.8. The molecule has 124 valence electrons. The molecule has 1 aliphatic rings. The van der Waals surface area contributed by atoms with Gasteiger partial charge in [-0.2, -0.15) is 0 Å². The molecule has 0 radical (unpaired) electrons. The smallest absolute Gasteiger partial charge is 0.159 e. The van der Waals surface area contributed by atoms with Crippen molar-refractivity contribution in [3.05, 3.63) is 70.3 Å². The Labute approximate surface area is 143 Å². The van der Waals surface area contributed by atoms with Crippen LogP contribution in [0.2, 0.25) is 0 Å². The van der Waals surface area contributed by atoms with E-state index in [1.165, 1.54) is 16.7 Å². The Bertz CT molecular complexity index is 828. The summed E-state index contributed by atoms with van der Waals surface area (Å²) < 4.78 is 0. The van der Waals surface area contributed by atoms with Gasteiger partial charge in [0.25, 0.3) is 0 Å². The Kier molecular flexibility index (Phi) is 3.75. The third-order valence-corrected chi connectivity index (χ3v) is 5.47. The second kappa shape index (κ2) is 5.41. The maximum Gasteiger partial charge on any atom is 0.159 e. The van der Waals surface area contributed by atoms with Crippen molar-refractivity contribution < 1.29 is 9.59 Å². The van der Waals surface area contributed by atoms with Crippen molar-refractivity contribution in [3.63, 3.8) is 0 Å². The van der Waals surface area contributed by atoms with Gasteiger partial charge in [-0.25, -0.2) is 0 Å². The van der Waals surface area contributed by atoms with Gasteiger partial charge in [-0.3, -0.25) is 9.59 Å². The minimum atomic E-state index is -0.153. The lowest BCUT2D eigenvalue weighted by molar-refractivity contribution is 0.100. The van der Waals surface area contributed by atoms with Crippen molar-refractivity contribution in [1.29, 1.82) is 0 Å². The lowest BCUT2D eigenvalue weighted by atomic mass is 9.74. The highest BCUT2D eigenvalue weighted by Gasteiger charge is 2.45. The topological polar surface area (TPSA) is 34.1 Å². The van der Waals surface area contributed by atoms with Crippen LogP contribution < -0.4 is 0 Å². The lowest BCUT2D eigenvalue weighted by Gasteiger charge is -2.28. The SMILES string of the molecule is CC(=O)c1ccc(C2(C)CC(C)(C)c3ccc(C(C)=O)cc32)cc1. The molecule has 1 unspecified atom stereocenters. The number of fused-ring (bicyclic) bond motifs is 1. The first-order chi connectivity index (χ1) is 11.1. The van der Waals surface area contributed by atoms with E-state index in [1.54, 1.807) is 13.8 Å². The number of carbonyl (C=O) groups excluding carboxylic acids is 2. The van der Waals surface area contributed by atoms with Crippen LogP contribution in [0.3, 0.4) is 0 Å². The van der Waals surface area contributed by atoms with Crippen LogP contribution in [-0.4, -0.2) is 11.6 Å². The van der Waals surface area contributed by atoms with E-state index in [1.807, 2.05) is 18.2 Å². The van der Waals surface area contributed by atoms with Gasteiger partial charge in [0.2, 0.25) is 0 Å². The van der Waals surface area contributed by atoms with Crippen molar-refractivity contribution in [1.82, 2.24) is 0 Å². The summed E-state index contributed by atoms with van der Waals surface area (Å²) in [4.78, 5) is 23.4. The molecular weight excluding hydrogens is 296 g/mol. The van der Waals surface area contributed by atoms with Crippen molar-refractivity contribution >= 4 is 11.6 Å². The van der Waals surface area contributed by atoms with E-state index in [2.05, 4.69) is 45.0 Å². The molecular formula is C22H24O2. The molecule has 0 aliphatic heterocycles. The van der Waals surface area contributed by atoms with E-state index in [0.717, 1.165) is 17.5 Å². The van der Waals surface area contributed by atoms with Gasteiger partial charge >= 0.3 is 0 Å². The van der Waals surface area contributed by atoms with E-state index in [9.17, 15) is 9.59 Å². The molecule has 1 atom stereocenters. The van der Waals surface area contributed by atoms with Gasteiger partial charge in [0.15, 0.2) is 11.6 Å². The van der Waals surface area contributed by atoms with Crippen LogP contribution in [0.15, 0.2) is 42.5 Å². The van der Waals surface area contributed by atoms with Gasteiger partial charge in [0.05, 0.1) is 0 Å². The Morgan fingerprint density at radius 3 is 1.88 bits per heavy atom. The summed E-state index contributed by atoms with van der Waals surface area (Å²) in [6.07, 6.45) is 0.982. The molecule has 0 spiro atoms. The van der Waals surface area contributed by atoms with Gasteiger partial charge in [-0.15, -0.1) is 0 Å². The summed E-state index contributed by atoms with van der Waals surface area (Å²) in [7, 11) is 0. The molecule has 0 N–H and O–H groups in total. The van der Waals surface area contributed by atoms with E-state index >= 15 is 0 Å². The minimum Gasteiger partial charge on any atom is -0.295 e. The first kappa shape index (κ1) is 16.6. The van der Waals surface area contributed by atoms with Crippen LogP contribution in [0.5, 0.6) is 0 Å². The predicted octanol–water partition coefficient (Wildman–Crippen LogP) is 5.08. The summed E-state index contributed by atoms with van der Waals surface area (Å²) in [5, 5.41) is 0. The van der Waals surface area contributed by atoms with Crippen molar-refractivity contribution in [2.75, 3.05) is 0 Å². The molecule has 0 saturated carbocycles. The highest BCUT2D eigenvalue weighted by molar-refractivity contribution is 5.95. The Morgan fingerprint density at radius 2 is 1.33 bits per heavy atom. The van der Waals surface area contributed by atoms with E-state index in [4.69, 9.17) is 0 Å². The first-order valence-corrected chi connectivity index (χ1v) is 8.42. The molecule has 2 aromatic rings. The summed E-state index contributed by atoms with van der Waals surface area (Å²) in [6.45, 7) is 9.96. The zero-order chi connectivity index (χ0) is 17.7. The molecule has 0 fully saturated rings. The second-order valence-electron chi connectivity index (χ2n) is 7.84. The van der Waals surface area contributed by atoms with Gasteiger partial charge in [0.1, 0.15) is 0 Å². The summed E-state index contributed by atoms with van der Waals surface area (Å²) >= 11 is 0. The molecule has 0 amide bonds. The predicted molar refractivity (Wildman–Crippen MR) is 97.0 cm³/mol. The van der Waals surface area contributed by atoms with Gasteiger partial charge in [-0.1, -0.05) is 57.2 Å². The van der Waals surface area contributed by atoms with Crippen LogP contribution >= 0.6 is 0 Å². The van der Waals surface area contributed by atoms with Crippen LogP contribution in [0.4, 0.5) is 0 Å². The van der Waals surface area contributed by atoms with E-state index in [0.29, 0.717) is 0 Å². The highest BCUT2D eigenvalue weighted by atomic mass is 16.1. The third-order valence-electron chi connectivity index (χ3n) is 5.47. The normalized spacial score (nSPS) is 21.4. The fourth-order valence-electron chi connectivity index (χ4n) is 4.21. The Balaban J connectivity index is 2.17. The summed E-state index contributed by atoms with van der Waals surface area (Å²) in [5.74, 6) is 0.175. The van der Waals surface area contributed by atoms with Gasteiger partial charge in [0, 0.05) is 16.5 Å². The fraction of sp³-hybridized carbons (Fsp3) is 0.364. The number of benzene rings is 2. The third kappa shape index (κ3) is 2.50. The summed E-state index contributed by atoms with van der Waals surface area (Å²) in [5.41, 5.74) is 5.13. The molecule has 0 saturated heterocycles. The standard InChI is InChI=1S/C22H24O2/c1-14(23)16-6-9-18(10-7-16)22(5)13-21(3,4)19-11-8-17(15(2)24)12-20(19)22/h6-12H,13H2,1-5H3. The van der Waals surface area contributed by atoms with Crippen LogP contribution in [0.25, 0.3) is 0 Å². The van der Waals surface area contributed by atoms with Gasteiger partial charge < -0.3 is 0 Å². The highest BCUT2D eigenvalue weighted by Crippen LogP contribution is 2.52. The second-order valence-corrected chi connectivity index (χ2v) is 7.84. The summed E-state index contributed by atoms with van der Waals surface area (Å²) in [6, 6.07) is 14.0. The van der Waals surface area contributed by atoms with Crippen molar-refractivity contribution in [2.45, 2.75) is 51.9 Å². The Hall–Kier alpha value is -2.22. The fourth-order valence-corrected chi connectivity index (χ4v) is 4.21. The van der Waals surface area contributed by atoms with Gasteiger partial charge in [-0.05, 0) is 48.4 Å². The van der Waals surface area contributed by atoms with E-state index < -0.39 is 0 Å². The maximum absolute atomic E-state index is 11.8. The zero-order valence-electron chi connectivity index (χ0n) is 15.1. The lowest BCUT2D eigenvalue weighted by Crippen LogP contribution is -2.23. The number of Topliss-reactive ketones (excluding diaryl/α,β-unsaturated/α-hetero) is 2. The number of rotatable bonds is 3. The van der Waals surface area contributed by atoms with Crippen molar-refractivity contribution in [2.24, 2.45) is 0 Å². The molecule has 1 aliphatic carbocycles. The van der Waals surface area contributed by atoms with E-state index in [-0.39, 0.29) is 22.4 Å². The molecule has 2 nitrogen and oxygen atoms in total. The monoisotopic (exact) mass is 320 g/mol. The molecule has 0 heterocycles. The molecule has 0 aromatic heterocycles. The molecule has 2 heteroatoms. The Morgan fingerprint density at radius 1 is 0.792 bits per heavy atom. The average molecular weight is 320 g/mol. The molecule has 2 aromatic carbocycles. The molecule has 0 bridgehead atoms. The van der Waals surface area contributed by atoms with Crippen molar-refractivity contribution in [3.8, 4) is 0 Å². The number of hydrogen-bond acceptors (Lipinski definition) is 2. The first-order valence-electron chi connectivity index (χ1n) is 8.42. The number of ketones is 2. The zero-order valence-corrected chi connectivity index (χ0v) is 15.1. The molecule has 24 heavy (non-hydrogen) atoms. The average Bonchev–Trinajstić information content (AvgIpc) is 2.74. The van der Waals surface area contributed by atoms with Crippen LogP contribution in [-0.2, 0) is 10.8 Å². The quantitative estimate of drug-likeness (QED) is 0.739. The number of hydrogen-bond donors (Lipinski definition) is 0. The minimum absolute atomic E-state index is 0.0542. The number of carbonyl (C=O) groups is 2. The van der Waals surface area contributed by atoms with Crippen LogP contribution in [0, 0.1) is 0 Å².